The van der Waals surface area contributed by atoms with Crippen molar-refractivity contribution < 1.29 is 9.13 Å². The quantitative estimate of drug-likeness (QED) is 0.622. The average molecular weight is 172 g/mol. The van der Waals surface area contributed by atoms with Gasteiger partial charge in [-0.3, -0.25) is 0 Å². The Morgan fingerprint density at radius 2 is 2.42 bits per heavy atom. The number of ether oxygens (including phenoxy) is 1. The second kappa shape index (κ2) is 2.99. The molecule has 3 unspecified atom stereocenters. The minimum absolute atomic E-state index is 0.230. The van der Waals surface area contributed by atoms with Crippen molar-refractivity contribution in [2.24, 2.45) is 11.3 Å². The third-order valence-corrected chi connectivity index (χ3v) is 3.69. The Morgan fingerprint density at radius 3 is 3.17 bits per heavy atom. The Bertz CT molecular complexity index is 171. The molecule has 0 amide bonds. The summed E-state index contributed by atoms with van der Waals surface area (Å²) in [7, 11) is 1.73. The van der Waals surface area contributed by atoms with E-state index in [1.807, 2.05) is 0 Å². The number of methoxy groups -OCH3 is 1. The van der Waals surface area contributed by atoms with Crippen LogP contribution < -0.4 is 0 Å². The van der Waals surface area contributed by atoms with Gasteiger partial charge >= 0.3 is 0 Å². The molecule has 0 aromatic carbocycles. The summed E-state index contributed by atoms with van der Waals surface area (Å²) in [5, 5.41) is 0. The van der Waals surface area contributed by atoms with E-state index in [1.165, 1.54) is 19.3 Å². The summed E-state index contributed by atoms with van der Waals surface area (Å²) in [6.07, 6.45) is 4.69. The molecule has 70 valence electrons. The third kappa shape index (κ3) is 1.17. The van der Waals surface area contributed by atoms with Crippen LogP contribution in [0.4, 0.5) is 4.39 Å². The van der Waals surface area contributed by atoms with Crippen LogP contribution in [-0.4, -0.2) is 19.9 Å². The van der Waals surface area contributed by atoms with Crippen LogP contribution >= 0.6 is 0 Å². The maximum absolute atomic E-state index is 13.2. The van der Waals surface area contributed by atoms with E-state index in [0.29, 0.717) is 5.92 Å². The van der Waals surface area contributed by atoms with Crippen LogP contribution in [0.5, 0.6) is 0 Å². The van der Waals surface area contributed by atoms with Crippen LogP contribution in [0.2, 0.25) is 0 Å². The monoisotopic (exact) mass is 172 g/mol. The first kappa shape index (κ1) is 8.49. The van der Waals surface area contributed by atoms with Crippen molar-refractivity contribution in [1.82, 2.24) is 0 Å². The summed E-state index contributed by atoms with van der Waals surface area (Å²) in [6, 6.07) is 0. The molecule has 0 bridgehead atoms. The zero-order valence-electron chi connectivity index (χ0n) is 7.68. The zero-order chi connectivity index (χ0) is 8.60. The van der Waals surface area contributed by atoms with E-state index in [4.69, 9.17) is 4.74 Å². The van der Waals surface area contributed by atoms with Crippen molar-refractivity contribution in [2.45, 2.75) is 38.3 Å². The maximum atomic E-state index is 13.2. The highest BCUT2D eigenvalue weighted by Crippen LogP contribution is 2.54. The minimum atomic E-state index is -0.551. The lowest BCUT2D eigenvalue weighted by molar-refractivity contribution is 0.0622. The van der Waals surface area contributed by atoms with Gasteiger partial charge in [-0.25, -0.2) is 4.39 Å². The largest absolute Gasteiger partial charge is 0.384 e. The van der Waals surface area contributed by atoms with Gasteiger partial charge in [-0.1, -0.05) is 6.42 Å². The normalized spacial score (nSPS) is 46.5. The molecule has 0 aromatic rings. The zero-order valence-corrected chi connectivity index (χ0v) is 7.68. The minimum Gasteiger partial charge on any atom is -0.384 e. The summed E-state index contributed by atoms with van der Waals surface area (Å²) in [6.45, 7) is 0.776. The molecule has 0 N–H and O–H groups in total. The summed E-state index contributed by atoms with van der Waals surface area (Å²) in [5.74, 6) is 0.618. The van der Waals surface area contributed by atoms with Crippen molar-refractivity contribution in [2.75, 3.05) is 13.7 Å². The van der Waals surface area contributed by atoms with Gasteiger partial charge in [0.05, 0.1) is 6.61 Å². The smallest absolute Gasteiger partial charge is 0.101 e. The Balaban J connectivity index is 2.09. The van der Waals surface area contributed by atoms with Gasteiger partial charge in [-0.2, -0.15) is 0 Å². The SMILES string of the molecule is COCC12CCCC1CC(F)C2. The summed E-state index contributed by atoms with van der Waals surface area (Å²) < 4.78 is 18.4. The topological polar surface area (TPSA) is 9.23 Å². The van der Waals surface area contributed by atoms with Gasteiger partial charge in [-0.15, -0.1) is 0 Å². The standard InChI is InChI=1S/C10H17FO/c1-12-7-10-4-2-3-8(10)5-9(11)6-10/h8-9H,2-7H2,1H3. The molecule has 0 aliphatic heterocycles. The van der Waals surface area contributed by atoms with E-state index < -0.39 is 6.17 Å². The second-order valence-electron chi connectivity index (χ2n) is 4.42. The lowest BCUT2D eigenvalue weighted by Gasteiger charge is -2.27. The van der Waals surface area contributed by atoms with Gasteiger partial charge in [0, 0.05) is 7.11 Å². The molecule has 2 aliphatic carbocycles. The Morgan fingerprint density at radius 1 is 1.58 bits per heavy atom. The lowest BCUT2D eigenvalue weighted by Crippen LogP contribution is -2.25. The number of fused-ring (bicyclic) bond motifs is 1. The van der Waals surface area contributed by atoms with Crippen molar-refractivity contribution in [3.8, 4) is 0 Å². The Labute approximate surface area is 73.3 Å². The summed E-state index contributed by atoms with van der Waals surface area (Å²) in [4.78, 5) is 0. The van der Waals surface area contributed by atoms with Gasteiger partial charge in [-0.05, 0) is 37.0 Å². The molecule has 2 saturated carbocycles. The van der Waals surface area contributed by atoms with Gasteiger partial charge in [0.2, 0.25) is 0 Å². The first-order valence-electron chi connectivity index (χ1n) is 4.90. The van der Waals surface area contributed by atoms with Crippen molar-refractivity contribution in [3.63, 3.8) is 0 Å². The predicted molar refractivity (Wildman–Crippen MR) is 45.8 cm³/mol. The van der Waals surface area contributed by atoms with Crippen molar-refractivity contribution in [1.29, 1.82) is 0 Å². The molecule has 2 fully saturated rings. The van der Waals surface area contributed by atoms with Crippen molar-refractivity contribution in [3.05, 3.63) is 0 Å². The average Bonchev–Trinajstić information content (AvgIpc) is 2.44. The molecule has 3 atom stereocenters. The molecule has 12 heavy (non-hydrogen) atoms. The molecule has 2 rings (SSSR count). The third-order valence-electron chi connectivity index (χ3n) is 3.69. The fourth-order valence-corrected chi connectivity index (χ4v) is 3.22. The van der Waals surface area contributed by atoms with E-state index in [2.05, 4.69) is 0 Å². The molecule has 1 nitrogen and oxygen atoms in total. The molecule has 0 saturated heterocycles. The molecule has 0 radical (unpaired) electrons. The van der Waals surface area contributed by atoms with Crippen molar-refractivity contribution >= 4 is 0 Å². The Hall–Kier alpha value is -0.110. The Kier molecular flexibility index (Phi) is 2.11. The van der Waals surface area contributed by atoms with E-state index in [1.54, 1.807) is 7.11 Å². The molecule has 2 aliphatic rings. The van der Waals surface area contributed by atoms with Crippen LogP contribution in [0.25, 0.3) is 0 Å². The number of halogens is 1. The van der Waals surface area contributed by atoms with Crippen LogP contribution in [0.1, 0.15) is 32.1 Å². The number of rotatable bonds is 2. The fourth-order valence-electron chi connectivity index (χ4n) is 3.22. The highest BCUT2D eigenvalue weighted by molar-refractivity contribution is 4.99. The van der Waals surface area contributed by atoms with Gasteiger partial charge in [0.1, 0.15) is 6.17 Å². The molecular weight excluding hydrogens is 155 g/mol. The molecule has 2 heteroatoms. The fraction of sp³-hybridized carbons (Fsp3) is 1.00. The molecule has 0 spiro atoms. The summed E-state index contributed by atoms with van der Waals surface area (Å²) >= 11 is 0. The van der Waals surface area contributed by atoms with Crippen LogP contribution in [0, 0.1) is 11.3 Å². The van der Waals surface area contributed by atoms with Crippen LogP contribution in [-0.2, 0) is 4.74 Å². The highest BCUT2D eigenvalue weighted by Gasteiger charge is 2.50. The summed E-state index contributed by atoms with van der Waals surface area (Å²) in [5.41, 5.74) is 0.230. The van der Waals surface area contributed by atoms with E-state index in [-0.39, 0.29) is 5.41 Å². The molecule has 0 aromatic heterocycles. The predicted octanol–water partition coefficient (Wildman–Crippen LogP) is 2.55. The second-order valence-corrected chi connectivity index (χ2v) is 4.42. The van der Waals surface area contributed by atoms with E-state index in [0.717, 1.165) is 19.4 Å². The number of alkyl halides is 1. The van der Waals surface area contributed by atoms with Gasteiger partial charge < -0.3 is 4.74 Å². The van der Waals surface area contributed by atoms with Crippen LogP contribution in [0.15, 0.2) is 0 Å². The van der Waals surface area contributed by atoms with Gasteiger partial charge in [0.15, 0.2) is 0 Å². The maximum Gasteiger partial charge on any atom is 0.101 e. The van der Waals surface area contributed by atoms with Crippen LogP contribution in [0.3, 0.4) is 0 Å². The van der Waals surface area contributed by atoms with E-state index >= 15 is 0 Å². The lowest BCUT2D eigenvalue weighted by atomic mass is 9.81. The number of hydrogen-bond acceptors (Lipinski definition) is 1. The number of hydrogen-bond donors (Lipinski definition) is 0. The first-order valence-corrected chi connectivity index (χ1v) is 4.90. The molecular formula is C10H17FO. The van der Waals surface area contributed by atoms with Gasteiger partial charge in [0.25, 0.3) is 0 Å². The van der Waals surface area contributed by atoms with E-state index in [9.17, 15) is 4.39 Å². The first-order chi connectivity index (χ1) is 5.77. The molecule has 0 heterocycles. The highest BCUT2D eigenvalue weighted by atomic mass is 19.1.